The molecule has 0 fully saturated rings. The molecule has 0 aliphatic heterocycles. The van der Waals surface area contributed by atoms with Crippen molar-refractivity contribution < 1.29 is 0 Å². The van der Waals surface area contributed by atoms with Gasteiger partial charge in [0, 0.05) is 22.3 Å². The van der Waals surface area contributed by atoms with Crippen molar-refractivity contribution in [2.75, 3.05) is 7.05 Å². The first-order valence-electron chi connectivity index (χ1n) is 6.55. The summed E-state index contributed by atoms with van der Waals surface area (Å²) in [5.74, 6) is 0. The molecule has 3 aromatic rings. The van der Waals surface area contributed by atoms with Crippen molar-refractivity contribution in [3.63, 3.8) is 0 Å². The highest BCUT2D eigenvalue weighted by Gasteiger charge is 2.16. The van der Waals surface area contributed by atoms with Gasteiger partial charge in [-0.3, -0.25) is 4.98 Å². The van der Waals surface area contributed by atoms with Crippen molar-refractivity contribution >= 4 is 26.7 Å². The van der Waals surface area contributed by atoms with Gasteiger partial charge in [-0.2, -0.15) is 0 Å². The zero-order valence-corrected chi connectivity index (χ0v) is 12.8. The van der Waals surface area contributed by atoms with Crippen LogP contribution in [0.1, 0.15) is 17.2 Å². The Hall–Kier alpha value is -1.71. The monoisotopic (exact) mass is 326 g/mol. The van der Waals surface area contributed by atoms with Crippen molar-refractivity contribution in [3.05, 3.63) is 76.5 Å². The Bertz CT molecular complexity index is 734. The van der Waals surface area contributed by atoms with E-state index in [1.807, 2.05) is 25.5 Å². The van der Waals surface area contributed by atoms with Gasteiger partial charge in [0.1, 0.15) is 0 Å². The van der Waals surface area contributed by atoms with Crippen LogP contribution < -0.4 is 5.32 Å². The molecule has 1 atom stereocenters. The SMILES string of the molecule is CNC(c1ccccc1Br)c1cccc2cnccc12. The smallest absolute Gasteiger partial charge is 0.0591 e. The topological polar surface area (TPSA) is 24.9 Å². The second-order valence-electron chi connectivity index (χ2n) is 4.69. The van der Waals surface area contributed by atoms with Gasteiger partial charge in [0.2, 0.25) is 0 Å². The maximum absolute atomic E-state index is 4.20. The van der Waals surface area contributed by atoms with Crippen LogP contribution in [0, 0.1) is 0 Å². The minimum absolute atomic E-state index is 0.150. The Morgan fingerprint density at radius 1 is 1.00 bits per heavy atom. The average Bonchev–Trinajstić information content (AvgIpc) is 2.50. The van der Waals surface area contributed by atoms with E-state index in [1.54, 1.807) is 0 Å². The lowest BCUT2D eigenvalue weighted by atomic mass is 9.94. The molecule has 1 heterocycles. The lowest BCUT2D eigenvalue weighted by Crippen LogP contribution is -2.18. The average molecular weight is 327 g/mol. The third-order valence-electron chi connectivity index (χ3n) is 3.53. The van der Waals surface area contributed by atoms with Crippen LogP contribution in [0.3, 0.4) is 0 Å². The molecule has 0 radical (unpaired) electrons. The highest BCUT2D eigenvalue weighted by molar-refractivity contribution is 9.10. The summed E-state index contributed by atoms with van der Waals surface area (Å²) in [7, 11) is 1.99. The van der Waals surface area contributed by atoms with Gasteiger partial charge < -0.3 is 5.32 Å². The summed E-state index contributed by atoms with van der Waals surface area (Å²) < 4.78 is 1.12. The molecular formula is C17H15BrN2. The lowest BCUT2D eigenvalue weighted by molar-refractivity contribution is 0.694. The van der Waals surface area contributed by atoms with Crippen LogP contribution in [0.15, 0.2) is 65.4 Å². The van der Waals surface area contributed by atoms with Gasteiger partial charge in [0.25, 0.3) is 0 Å². The first-order chi connectivity index (χ1) is 9.81. The van der Waals surface area contributed by atoms with Gasteiger partial charge in [0.15, 0.2) is 0 Å². The molecule has 0 aliphatic carbocycles. The molecular weight excluding hydrogens is 312 g/mol. The van der Waals surface area contributed by atoms with E-state index in [1.165, 1.54) is 16.5 Å². The van der Waals surface area contributed by atoms with E-state index in [0.29, 0.717) is 0 Å². The van der Waals surface area contributed by atoms with Crippen LogP contribution in [-0.2, 0) is 0 Å². The fourth-order valence-corrected chi connectivity index (χ4v) is 3.10. The zero-order valence-electron chi connectivity index (χ0n) is 11.2. The molecule has 0 amide bonds. The molecule has 2 nitrogen and oxygen atoms in total. The Kier molecular flexibility index (Phi) is 3.81. The molecule has 20 heavy (non-hydrogen) atoms. The molecule has 3 heteroatoms. The summed E-state index contributed by atoms with van der Waals surface area (Å²) in [5.41, 5.74) is 2.50. The van der Waals surface area contributed by atoms with Crippen LogP contribution in [0.5, 0.6) is 0 Å². The molecule has 0 aliphatic rings. The number of nitrogens with zero attached hydrogens (tertiary/aromatic N) is 1. The van der Waals surface area contributed by atoms with Crippen LogP contribution >= 0.6 is 15.9 Å². The summed E-state index contributed by atoms with van der Waals surface area (Å²) in [6.07, 6.45) is 3.75. The Morgan fingerprint density at radius 2 is 1.80 bits per heavy atom. The molecule has 3 rings (SSSR count). The second-order valence-corrected chi connectivity index (χ2v) is 5.54. The van der Waals surface area contributed by atoms with E-state index in [0.717, 1.165) is 9.86 Å². The summed E-state index contributed by atoms with van der Waals surface area (Å²) in [5, 5.41) is 5.82. The Morgan fingerprint density at radius 3 is 2.60 bits per heavy atom. The highest BCUT2D eigenvalue weighted by atomic mass is 79.9. The molecule has 0 saturated heterocycles. The van der Waals surface area contributed by atoms with E-state index in [9.17, 15) is 0 Å². The lowest BCUT2D eigenvalue weighted by Gasteiger charge is -2.20. The number of hydrogen-bond acceptors (Lipinski definition) is 2. The molecule has 0 spiro atoms. The van der Waals surface area contributed by atoms with Crippen LogP contribution in [0.4, 0.5) is 0 Å². The molecule has 0 saturated carbocycles. The summed E-state index contributed by atoms with van der Waals surface area (Å²) in [6, 6.07) is 16.9. The third kappa shape index (κ3) is 2.35. The third-order valence-corrected chi connectivity index (χ3v) is 4.25. The van der Waals surface area contributed by atoms with Gasteiger partial charge >= 0.3 is 0 Å². The number of aromatic nitrogens is 1. The van der Waals surface area contributed by atoms with E-state index in [-0.39, 0.29) is 6.04 Å². The summed E-state index contributed by atoms with van der Waals surface area (Å²) in [6.45, 7) is 0. The number of rotatable bonds is 3. The second kappa shape index (κ2) is 5.73. The van der Waals surface area contributed by atoms with Crippen molar-refractivity contribution in [2.45, 2.75) is 6.04 Å². The number of benzene rings is 2. The fraction of sp³-hybridized carbons (Fsp3) is 0.118. The number of nitrogens with one attached hydrogen (secondary N) is 1. The Labute approximate surface area is 127 Å². The quantitative estimate of drug-likeness (QED) is 0.775. The Balaban J connectivity index is 2.20. The molecule has 1 unspecified atom stereocenters. The molecule has 2 aromatic carbocycles. The zero-order chi connectivity index (χ0) is 13.9. The van der Waals surface area contributed by atoms with Crippen molar-refractivity contribution in [1.29, 1.82) is 0 Å². The summed E-state index contributed by atoms with van der Waals surface area (Å²) >= 11 is 3.65. The highest BCUT2D eigenvalue weighted by Crippen LogP contribution is 2.32. The fourth-order valence-electron chi connectivity index (χ4n) is 2.59. The number of fused-ring (bicyclic) bond motifs is 1. The van der Waals surface area contributed by atoms with Gasteiger partial charge in [-0.25, -0.2) is 0 Å². The van der Waals surface area contributed by atoms with Gasteiger partial charge in [-0.05, 0) is 35.7 Å². The van der Waals surface area contributed by atoms with E-state index < -0.39 is 0 Å². The van der Waals surface area contributed by atoms with E-state index in [2.05, 4.69) is 68.7 Å². The molecule has 100 valence electrons. The minimum atomic E-state index is 0.150. The first kappa shape index (κ1) is 13.3. The van der Waals surface area contributed by atoms with Crippen molar-refractivity contribution in [3.8, 4) is 0 Å². The molecule has 1 N–H and O–H groups in total. The van der Waals surface area contributed by atoms with E-state index >= 15 is 0 Å². The summed E-state index contributed by atoms with van der Waals surface area (Å²) in [4.78, 5) is 4.20. The van der Waals surface area contributed by atoms with Crippen LogP contribution in [0.2, 0.25) is 0 Å². The maximum atomic E-state index is 4.20. The first-order valence-corrected chi connectivity index (χ1v) is 7.35. The van der Waals surface area contributed by atoms with Crippen LogP contribution in [0.25, 0.3) is 10.8 Å². The number of hydrogen-bond donors (Lipinski definition) is 1. The van der Waals surface area contributed by atoms with E-state index in [4.69, 9.17) is 0 Å². The van der Waals surface area contributed by atoms with Gasteiger partial charge in [0.05, 0.1) is 6.04 Å². The van der Waals surface area contributed by atoms with Gasteiger partial charge in [-0.15, -0.1) is 0 Å². The van der Waals surface area contributed by atoms with Crippen molar-refractivity contribution in [1.82, 2.24) is 10.3 Å². The van der Waals surface area contributed by atoms with Gasteiger partial charge in [-0.1, -0.05) is 52.3 Å². The normalized spacial score (nSPS) is 12.5. The maximum Gasteiger partial charge on any atom is 0.0591 e. The van der Waals surface area contributed by atoms with Crippen molar-refractivity contribution in [2.24, 2.45) is 0 Å². The molecule has 1 aromatic heterocycles. The number of pyridine rings is 1. The number of halogens is 1. The molecule has 0 bridgehead atoms. The predicted octanol–water partition coefficient (Wildman–Crippen LogP) is 4.31. The standard InChI is InChI=1S/C17H15BrN2/c1-19-17(15-6-2-3-8-16(15)18)14-7-4-5-12-11-20-10-9-13(12)14/h2-11,17,19H,1H3. The largest absolute Gasteiger partial charge is 0.309 e. The van der Waals surface area contributed by atoms with Crippen LogP contribution in [-0.4, -0.2) is 12.0 Å². The minimum Gasteiger partial charge on any atom is -0.309 e. The predicted molar refractivity (Wildman–Crippen MR) is 86.8 cm³/mol.